The molecular formula is C12H11F2NO4S. The predicted molar refractivity (Wildman–Crippen MR) is 67.7 cm³/mol. The highest BCUT2D eigenvalue weighted by atomic mass is 32.2. The minimum atomic E-state index is -1.25. The number of hydrogen-bond acceptors (Lipinski definition) is 4. The van der Waals surface area contributed by atoms with Gasteiger partial charge >= 0.3 is 5.97 Å². The highest BCUT2D eigenvalue weighted by Crippen LogP contribution is 2.52. The molecule has 0 aromatic heterocycles. The maximum Gasteiger partial charge on any atom is 0.303 e. The summed E-state index contributed by atoms with van der Waals surface area (Å²) in [4.78, 5) is 20.4. The van der Waals surface area contributed by atoms with Gasteiger partial charge in [0.15, 0.2) is 11.6 Å². The second kappa shape index (κ2) is 5.35. The van der Waals surface area contributed by atoms with Gasteiger partial charge < -0.3 is 5.11 Å². The van der Waals surface area contributed by atoms with E-state index < -0.39 is 33.6 Å². The Kier molecular flexibility index (Phi) is 3.94. The molecule has 1 aromatic carbocycles. The predicted octanol–water partition coefficient (Wildman–Crippen LogP) is 3.22. The average Bonchev–Trinajstić information content (AvgIpc) is 3.09. The van der Waals surface area contributed by atoms with Crippen molar-refractivity contribution in [3.63, 3.8) is 0 Å². The number of nitrogens with zero attached hydrogens (tertiary/aromatic N) is 1. The molecular weight excluding hydrogens is 292 g/mol. The number of thioether (sulfide) groups is 1. The van der Waals surface area contributed by atoms with E-state index in [9.17, 15) is 23.7 Å². The number of halogens is 2. The molecule has 0 spiro atoms. The van der Waals surface area contributed by atoms with Crippen LogP contribution in [-0.4, -0.2) is 21.8 Å². The Hall–Kier alpha value is -1.70. The number of carboxylic acids is 1. The lowest BCUT2D eigenvalue weighted by molar-refractivity contribution is -0.388. The molecule has 0 aliphatic heterocycles. The van der Waals surface area contributed by atoms with Crippen LogP contribution in [0.1, 0.15) is 19.3 Å². The third-order valence-electron chi connectivity index (χ3n) is 3.23. The number of hydrogen-bond donors (Lipinski definition) is 1. The number of aliphatic carboxylic acids is 1. The topological polar surface area (TPSA) is 80.4 Å². The Bertz CT molecular complexity index is 575. The van der Waals surface area contributed by atoms with E-state index in [1.54, 1.807) is 0 Å². The zero-order valence-electron chi connectivity index (χ0n) is 10.3. The number of nitro groups is 1. The summed E-state index contributed by atoms with van der Waals surface area (Å²) in [5.41, 5.74) is -0.955. The van der Waals surface area contributed by atoms with Crippen LogP contribution in [-0.2, 0) is 4.79 Å². The second-order valence-corrected chi connectivity index (χ2v) is 5.81. The van der Waals surface area contributed by atoms with Crippen LogP contribution >= 0.6 is 11.8 Å². The van der Waals surface area contributed by atoms with Crippen LogP contribution in [0.4, 0.5) is 14.5 Å². The number of rotatable bonds is 6. The highest BCUT2D eigenvalue weighted by molar-refractivity contribution is 7.99. The smallest absolute Gasteiger partial charge is 0.303 e. The van der Waals surface area contributed by atoms with Gasteiger partial charge in [-0.3, -0.25) is 14.9 Å². The first-order valence-electron chi connectivity index (χ1n) is 5.82. The van der Waals surface area contributed by atoms with E-state index in [1.807, 2.05) is 0 Å². The van der Waals surface area contributed by atoms with E-state index in [2.05, 4.69) is 0 Å². The van der Waals surface area contributed by atoms with Gasteiger partial charge in [0.25, 0.3) is 5.69 Å². The van der Waals surface area contributed by atoms with Crippen LogP contribution in [0.25, 0.3) is 0 Å². The molecule has 1 aliphatic carbocycles. The number of carboxylic acid groups (broad SMARTS) is 1. The summed E-state index contributed by atoms with van der Waals surface area (Å²) in [6.07, 6.45) is 1.29. The molecule has 8 heteroatoms. The summed E-state index contributed by atoms with van der Waals surface area (Å²) in [5.74, 6) is -3.14. The average molecular weight is 303 g/mol. The molecule has 0 heterocycles. The van der Waals surface area contributed by atoms with Crippen LogP contribution in [0.2, 0.25) is 0 Å². The molecule has 1 aliphatic rings. The molecule has 0 saturated heterocycles. The second-order valence-electron chi connectivity index (χ2n) is 4.83. The number of benzene rings is 1. The van der Waals surface area contributed by atoms with Crippen molar-refractivity contribution in [1.82, 2.24) is 0 Å². The monoisotopic (exact) mass is 303 g/mol. The molecule has 0 amide bonds. The van der Waals surface area contributed by atoms with Crippen molar-refractivity contribution < 1.29 is 23.6 Å². The van der Waals surface area contributed by atoms with E-state index in [-0.39, 0.29) is 17.1 Å². The zero-order valence-corrected chi connectivity index (χ0v) is 11.1. The first-order valence-corrected chi connectivity index (χ1v) is 6.80. The summed E-state index contributed by atoms with van der Waals surface area (Å²) in [5, 5.41) is 19.6. The van der Waals surface area contributed by atoms with Crippen molar-refractivity contribution in [1.29, 1.82) is 0 Å². The maximum atomic E-state index is 13.7. The lowest BCUT2D eigenvalue weighted by atomic mass is 10.1. The third kappa shape index (κ3) is 3.06. The normalized spacial score (nSPS) is 15.9. The lowest BCUT2D eigenvalue weighted by Gasteiger charge is -2.12. The quantitative estimate of drug-likeness (QED) is 0.496. The van der Waals surface area contributed by atoms with Crippen LogP contribution in [0, 0.1) is 27.2 Å². The molecule has 0 bridgehead atoms. The Morgan fingerprint density at radius 2 is 2.10 bits per heavy atom. The summed E-state index contributed by atoms with van der Waals surface area (Å²) in [7, 11) is 0. The van der Waals surface area contributed by atoms with Gasteiger partial charge in [0.2, 0.25) is 0 Å². The van der Waals surface area contributed by atoms with Gasteiger partial charge in [-0.15, -0.1) is 11.8 Å². The fraction of sp³-hybridized carbons (Fsp3) is 0.417. The molecule has 5 nitrogen and oxygen atoms in total. The van der Waals surface area contributed by atoms with Crippen molar-refractivity contribution in [2.75, 3.05) is 5.75 Å². The largest absolute Gasteiger partial charge is 0.481 e. The third-order valence-corrected chi connectivity index (χ3v) is 4.67. The maximum absolute atomic E-state index is 13.7. The molecule has 1 saturated carbocycles. The fourth-order valence-corrected chi connectivity index (χ4v) is 3.25. The molecule has 1 N–H and O–H groups in total. The Labute approximate surface area is 117 Å². The van der Waals surface area contributed by atoms with Gasteiger partial charge in [0.1, 0.15) is 4.90 Å². The Balaban J connectivity index is 2.19. The van der Waals surface area contributed by atoms with E-state index in [0.717, 1.165) is 17.8 Å². The summed E-state index contributed by atoms with van der Waals surface area (Å²) in [6, 6.07) is 1.62. The van der Waals surface area contributed by atoms with E-state index in [4.69, 9.17) is 5.11 Å². The summed E-state index contributed by atoms with van der Waals surface area (Å²) in [6.45, 7) is 0. The molecule has 0 unspecified atom stereocenters. The zero-order chi connectivity index (χ0) is 14.9. The van der Waals surface area contributed by atoms with Gasteiger partial charge in [0, 0.05) is 11.8 Å². The highest BCUT2D eigenvalue weighted by Gasteiger charge is 2.44. The standard InChI is InChI=1S/C12H11F2NO4S/c13-7-1-2-8(15(18)19)11(10(7)14)20-6-12(3-4-12)5-9(16)17/h1-2H,3-6H2,(H,16,17). The molecule has 1 fully saturated rings. The summed E-state index contributed by atoms with van der Waals surface area (Å²) >= 11 is 0.808. The van der Waals surface area contributed by atoms with Crippen molar-refractivity contribution in [3.05, 3.63) is 33.9 Å². The number of nitro benzene ring substituents is 1. The van der Waals surface area contributed by atoms with Gasteiger partial charge in [-0.2, -0.15) is 0 Å². The molecule has 0 radical (unpaired) electrons. The van der Waals surface area contributed by atoms with E-state index >= 15 is 0 Å². The Morgan fingerprint density at radius 1 is 1.45 bits per heavy atom. The SMILES string of the molecule is O=C(O)CC1(CSc2c([N+](=O)[O-])ccc(F)c2F)CC1. The fourth-order valence-electron chi connectivity index (χ4n) is 1.90. The molecule has 20 heavy (non-hydrogen) atoms. The number of carbonyl (C=O) groups is 1. The molecule has 0 atom stereocenters. The van der Waals surface area contributed by atoms with E-state index in [1.165, 1.54) is 0 Å². The van der Waals surface area contributed by atoms with Crippen molar-refractivity contribution >= 4 is 23.4 Å². The van der Waals surface area contributed by atoms with E-state index in [0.29, 0.717) is 18.9 Å². The minimum Gasteiger partial charge on any atom is -0.481 e. The first kappa shape index (κ1) is 14.7. The lowest BCUT2D eigenvalue weighted by Crippen LogP contribution is -2.11. The minimum absolute atomic E-state index is 0.0647. The van der Waals surface area contributed by atoms with Crippen molar-refractivity contribution in [2.45, 2.75) is 24.2 Å². The van der Waals surface area contributed by atoms with Crippen molar-refractivity contribution in [3.8, 4) is 0 Å². The Morgan fingerprint density at radius 3 is 2.60 bits per heavy atom. The van der Waals surface area contributed by atoms with Gasteiger partial charge in [-0.1, -0.05) is 0 Å². The van der Waals surface area contributed by atoms with Crippen LogP contribution in [0.15, 0.2) is 17.0 Å². The molecule has 108 valence electrons. The van der Waals surface area contributed by atoms with Crippen LogP contribution in [0.5, 0.6) is 0 Å². The van der Waals surface area contributed by atoms with Crippen LogP contribution < -0.4 is 0 Å². The molecule has 1 aromatic rings. The van der Waals surface area contributed by atoms with Gasteiger partial charge in [0.05, 0.1) is 11.3 Å². The first-order chi connectivity index (χ1) is 9.34. The molecule has 2 rings (SSSR count). The van der Waals surface area contributed by atoms with Gasteiger partial charge in [-0.25, -0.2) is 8.78 Å². The van der Waals surface area contributed by atoms with Crippen molar-refractivity contribution in [2.24, 2.45) is 5.41 Å². The van der Waals surface area contributed by atoms with Crippen LogP contribution in [0.3, 0.4) is 0 Å². The van der Waals surface area contributed by atoms with Gasteiger partial charge in [-0.05, 0) is 24.3 Å². The summed E-state index contributed by atoms with van der Waals surface area (Å²) < 4.78 is 26.8.